The standard InChI is InChI=1S/C23H18Cl3F3O3/c24-19-10-9-17-18(3-1-4-20(17)31-14-11-21(25)26)22(19)32-13-2-12-30-16-7-5-15(6-8-16)23(27,28)29/h1,3-11H,2,12-14H2. The van der Waals surface area contributed by atoms with Crippen molar-refractivity contribution in [1.82, 2.24) is 0 Å². The van der Waals surface area contributed by atoms with Crippen molar-refractivity contribution in [1.29, 1.82) is 0 Å². The van der Waals surface area contributed by atoms with Gasteiger partial charge in [0.2, 0.25) is 0 Å². The van der Waals surface area contributed by atoms with Crippen LogP contribution in [0.5, 0.6) is 17.2 Å². The molecule has 0 amide bonds. The van der Waals surface area contributed by atoms with Crippen molar-refractivity contribution in [3.8, 4) is 17.2 Å². The molecule has 0 heterocycles. The molecule has 0 unspecified atom stereocenters. The molecule has 3 aromatic rings. The van der Waals surface area contributed by atoms with Crippen LogP contribution in [-0.2, 0) is 6.18 Å². The molecule has 0 aliphatic heterocycles. The van der Waals surface area contributed by atoms with Crippen LogP contribution in [-0.4, -0.2) is 19.8 Å². The molecular weight excluding hydrogens is 488 g/mol. The molecule has 9 heteroatoms. The Morgan fingerprint density at radius 3 is 2.25 bits per heavy atom. The van der Waals surface area contributed by atoms with Gasteiger partial charge in [-0.25, -0.2) is 0 Å². The van der Waals surface area contributed by atoms with Crippen LogP contribution in [0, 0.1) is 0 Å². The lowest BCUT2D eigenvalue weighted by Gasteiger charge is -2.14. The largest absolute Gasteiger partial charge is 0.493 e. The van der Waals surface area contributed by atoms with Crippen molar-refractivity contribution in [2.24, 2.45) is 0 Å². The van der Waals surface area contributed by atoms with Gasteiger partial charge in [0.05, 0.1) is 23.8 Å². The molecule has 0 fully saturated rings. The van der Waals surface area contributed by atoms with Crippen molar-refractivity contribution in [2.75, 3.05) is 19.8 Å². The van der Waals surface area contributed by atoms with E-state index in [1.165, 1.54) is 18.2 Å². The summed E-state index contributed by atoms with van der Waals surface area (Å²) in [6.45, 7) is 0.782. The van der Waals surface area contributed by atoms with E-state index in [0.717, 1.165) is 22.9 Å². The molecule has 3 aromatic carbocycles. The summed E-state index contributed by atoms with van der Waals surface area (Å²) in [4.78, 5) is 0. The number of alkyl halides is 3. The topological polar surface area (TPSA) is 27.7 Å². The predicted octanol–water partition coefficient (Wildman–Crippen LogP) is 8.06. The third-order valence-corrected chi connectivity index (χ3v) is 4.99. The van der Waals surface area contributed by atoms with Crippen LogP contribution in [0.3, 0.4) is 0 Å². The van der Waals surface area contributed by atoms with Gasteiger partial charge in [-0.1, -0.05) is 46.9 Å². The second-order valence-corrected chi connectivity index (χ2v) is 8.02. The van der Waals surface area contributed by atoms with Gasteiger partial charge in [-0.3, -0.25) is 0 Å². The molecule has 0 radical (unpaired) electrons. The molecule has 32 heavy (non-hydrogen) atoms. The number of ether oxygens (including phenoxy) is 3. The van der Waals surface area contributed by atoms with E-state index in [4.69, 9.17) is 49.0 Å². The summed E-state index contributed by atoms with van der Waals surface area (Å²) in [5.74, 6) is 1.49. The van der Waals surface area contributed by atoms with E-state index in [1.54, 1.807) is 6.07 Å². The van der Waals surface area contributed by atoms with Crippen molar-refractivity contribution >= 4 is 45.6 Å². The Morgan fingerprint density at radius 2 is 1.56 bits per heavy atom. The van der Waals surface area contributed by atoms with E-state index in [1.807, 2.05) is 24.3 Å². The van der Waals surface area contributed by atoms with Gasteiger partial charge >= 0.3 is 6.18 Å². The van der Waals surface area contributed by atoms with Gasteiger partial charge in [-0.15, -0.1) is 0 Å². The Morgan fingerprint density at radius 1 is 0.844 bits per heavy atom. The van der Waals surface area contributed by atoms with Crippen LogP contribution in [0.2, 0.25) is 5.02 Å². The molecule has 0 N–H and O–H groups in total. The second-order valence-electron chi connectivity index (χ2n) is 6.61. The van der Waals surface area contributed by atoms with Gasteiger partial charge in [0.15, 0.2) is 0 Å². The lowest BCUT2D eigenvalue weighted by Crippen LogP contribution is -2.07. The molecule has 0 aliphatic rings. The first-order valence-corrected chi connectivity index (χ1v) is 10.7. The maximum absolute atomic E-state index is 12.6. The SMILES string of the molecule is FC(F)(F)c1ccc(OCCCOc2c(Cl)ccc3c(OCC=C(Cl)Cl)cccc23)cc1. The molecule has 0 saturated carbocycles. The normalized spacial score (nSPS) is 11.3. The molecule has 0 aliphatic carbocycles. The maximum Gasteiger partial charge on any atom is 0.416 e. The van der Waals surface area contributed by atoms with Crippen LogP contribution in [0.4, 0.5) is 13.2 Å². The molecule has 170 valence electrons. The maximum atomic E-state index is 12.6. The molecule has 0 bridgehead atoms. The minimum Gasteiger partial charge on any atom is -0.493 e. The van der Waals surface area contributed by atoms with Crippen molar-refractivity contribution in [3.63, 3.8) is 0 Å². The van der Waals surface area contributed by atoms with Gasteiger partial charge in [0, 0.05) is 17.2 Å². The minimum atomic E-state index is -4.37. The summed E-state index contributed by atoms with van der Waals surface area (Å²) in [6.07, 6.45) is -2.34. The van der Waals surface area contributed by atoms with Crippen LogP contribution in [0.1, 0.15) is 12.0 Å². The first kappa shape index (κ1) is 24.4. The number of hydrogen-bond donors (Lipinski definition) is 0. The Balaban J connectivity index is 1.59. The molecule has 3 nitrogen and oxygen atoms in total. The lowest BCUT2D eigenvalue weighted by molar-refractivity contribution is -0.137. The minimum absolute atomic E-state index is 0.121. The molecule has 3 rings (SSSR count). The smallest absolute Gasteiger partial charge is 0.416 e. The lowest BCUT2D eigenvalue weighted by atomic mass is 10.1. The number of hydrogen-bond acceptors (Lipinski definition) is 3. The van der Waals surface area contributed by atoms with Crippen LogP contribution >= 0.6 is 34.8 Å². The summed E-state index contributed by atoms with van der Waals surface area (Å²) >= 11 is 17.5. The first-order chi connectivity index (χ1) is 15.3. The van der Waals surface area contributed by atoms with E-state index in [0.29, 0.717) is 35.3 Å². The van der Waals surface area contributed by atoms with E-state index < -0.39 is 11.7 Å². The Labute approximate surface area is 198 Å². The fourth-order valence-electron chi connectivity index (χ4n) is 2.91. The van der Waals surface area contributed by atoms with Crippen LogP contribution in [0.25, 0.3) is 10.8 Å². The van der Waals surface area contributed by atoms with E-state index >= 15 is 0 Å². The van der Waals surface area contributed by atoms with Crippen LogP contribution < -0.4 is 14.2 Å². The molecule has 0 saturated heterocycles. The highest BCUT2D eigenvalue weighted by Crippen LogP contribution is 2.37. The molecule has 0 atom stereocenters. The van der Waals surface area contributed by atoms with Gasteiger partial charge < -0.3 is 14.2 Å². The summed E-state index contributed by atoms with van der Waals surface area (Å²) in [6, 6.07) is 13.6. The monoisotopic (exact) mass is 504 g/mol. The quantitative estimate of drug-likeness (QED) is 0.275. The van der Waals surface area contributed by atoms with Crippen molar-refractivity contribution in [3.05, 3.63) is 75.8 Å². The number of rotatable bonds is 9. The van der Waals surface area contributed by atoms with Gasteiger partial charge in [0.1, 0.15) is 28.3 Å². The average Bonchev–Trinajstić information content (AvgIpc) is 2.74. The molecule has 0 aromatic heterocycles. The van der Waals surface area contributed by atoms with Gasteiger partial charge in [0.25, 0.3) is 0 Å². The van der Waals surface area contributed by atoms with E-state index in [-0.39, 0.29) is 17.7 Å². The third-order valence-electron chi connectivity index (χ3n) is 4.39. The zero-order valence-corrected chi connectivity index (χ0v) is 18.9. The van der Waals surface area contributed by atoms with Crippen molar-refractivity contribution in [2.45, 2.75) is 12.6 Å². The van der Waals surface area contributed by atoms with E-state index in [9.17, 15) is 13.2 Å². The molecular formula is C23H18Cl3F3O3. The highest BCUT2D eigenvalue weighted by Gasteiger charge is 2.30. The average molecular weight is 506 g/mol. The zero-order valence-electron chi connectivity index (χ0n) is 16.6. The summed E-state index contributed by atoms with van der Waals surface area (Å²) in [5.41, 5.74) is -0.719. The fourth-order valence-corrected chi connectivity index (χ4v) is 3.25. The van der Waals surface area contributed by atoms with E-state index in [2.05, 4.69) is 0 Å². The predicted molar refractivity (Wildman–Crippen MR) is 121 cm³/mol. The number of halogens is 6. The van der Waals surface area contributed by atoms with Gasteiger partial charge in [-0.2, -0.15) is 13.2 Å². The zero-order chi connectivity index (χ0) is 23.1. The van der Waals surface area contributed by atoms with Gasteiger partial charge in [-0.05, 0) is 48.5 Å². The van der Waals surface area contributed by atoms with Crippen molar-refractivity contribution < 1.29 is 27.4 Å². The van der Waals surface area contributed by atoms with Crippen LogP contribution in [0.15, 0.2) is 65.2 Å². The number of benzene rings is 3. The Bertz CT molecular complexity index is 1080. The molecule has 0 spiro atoms. The fraction of sp³-hybridized carbons (Fsp3) is 0.217. The summed E-state index contributed by atoms with van der Waals surface area (Å²) in [5, 5.41) is 2.04. The highest BCUT2D eigenvalue weighted by atomic mass is 35.5. The third kappa shape index (κ3) is 6.61. The highest BCUT2D eigenvalue weighted by molar-refractivity contribution is 6.55. The first-order valence-electron chi connectivity index (χ1n) is 9.54. The summed E-state index contributed by atoms with van der Waals surface area (Å²) in [7, 11) is 0. The summed E-state index contributed by atoms with van der Waals surface area (Å²) < 4.78 is 55.0. The Kier molecular flexibility index (Phi) is 8.40. The number of fused-ring (bicyclic) bond motifs is 1. The second kappa shape index (κ2) is 11.0. The Hall–Kier alpha value is -2.28.